The van der Waals surface area contributed by atoms with Crippen LogP contribution in [-0.4, -0.2) is 47.4 Å². The molecule has 0 radical (unpaired) electrons. The van der Waals surface area contributed by atoms with Crippen molar-refractivity contribution in [3.05, 3.63) is 105 Å². The predicted molar refractivity (Wildman–Crippen MR) is 149 cm³/mol. The van der Waals surface area contributed by atoms with Crippen molar-refractivity contribution in [1.82, 2.24) is 14.7 Å². The minimum Gasteiger partial charge on any atom is -0.369 e. The van der Waals surface area contributed by atoms with Gasteiger partial charge in [-0.25, -0.2) is 4.68 Å². The van der Waals surface area contributed by atoms with Crippen molar-refractivity contribution in [3.8, 4) is 22.4 Å². The van der Waals surface area contributed by atoms with Crippen LogP contribution in [0.3, 0.4) is 0 Å². The smallest absolute Gasteiger partial charge is 0.274 e. The van der Waals surface area contributed by atoms with Crippen molar-refractivity contribution in [2.45, 2.75) is 13.0 Å². The zero-order valence-corrected chi connectivity index (χ0v) is 21.5. The lowest BCUT2D eigenvalue weighted by Gasteiger charge is -2.36. The van der Waals surface area contributed by atoms with E-state index in [9.17, 15) is 4.79 Å². The first-order valence-electron chi connectivity index (χ1n) is 12.2. The number of nitrogens with zero attached hydrogens (tertiary/aromatic N) is 4. The highest BCUT2D eigenvalue weighted by molar-refractivity contribution is 6.31. The van der Waals surface area contributed by atoms with Crippen LogP contribution in [0.25, 0.3) is 22.4 Å². The quantitative estimate of drug-likeness (QED) is 0.296. The van der Waals surface area contributed by atoms with Gasteiger partial charge in [-0.2, -0.15) is 5.10 Å². The number of aryl methyl sites for hydroxylation is 1. The van der Waals surface area contributed by atoms with Gasteiger partial charge in [-0.3, -0.25) is 9.69 Å². The van der Waals surface area contributed by atoms with Crippen molar-refractivity contribution < 1.29 is 0 Å². The first-order valence-corrected chi connectivity index (χ1v) is 13.0. The molecule has 1 aliphatic heterocycles. The second-order valence-corrected chi connectivity index (χ2v) is 9.88. The molecule has 5 nitrogen and oxygen atoms in total. The molecule has 0 spiro atoms. The number of aromatic nitrogens is 2. The number of benzene rings is 3. The predicted octanol–water partition coefficient (Wildman–Crippen LogP) is 6.10. The van der Waals surface area contributed by atoms with Crippen LogP contribution in [0.4, 0.5) is 5.69 Å². The maximum absolute atomic E-state index is 13.4. The fourth-order valence-corrected chi connectivity index (χ4v) is 4.94. The van der Waals surface area contributed by atoms with Gasteiger partial charge in [0.1, 0.15) is 0 Å². The van der Waals surface area contributed by atoms with Crippen LogP contribution in [0, 0.1) is 0 Å². The summed E-state index contributed by atoms with van der Waals surface area (Å²) < 4.78 is 1.62. The highest BCUT2D eigenvalue weighted by atomic mass is 35.5. The number of hydrogen-bond donors (Lipinski definition) is 0. The highest BCUT2D eigenvalue weighted by Crippen LogP contribution is 2.24. The molecular formula is C29H28Cl2N4O. The number of rotatable bonds is 7. The van der Waals surface area contributed by atoms with Crippen LogP contribution in [0.2, 0.25) is 10.0 Å². The van der Waals surface area contributed by atoms with Crippen molar-refractivity contribution >= 4 is 28.9 Å². The van der Waals surface area contributed by atoms with Gasteiger partial charge in [0.2, 0.25) is 0 Å². The van der Waals surface area contributed by atoms with Crippen LogP contribution in [0.5, 0.6) is 0 Å². The number of piperazine rings is 1. The summed E-state index contributed by atoms with van der Waals surface area (Å²) in [5, 5.41) is 6.16. The fourth-order valence-electron chi connectivity index (χ4n) is 4.63. The van der Waals surface area contributed by atoms with Gasteiger partial charge in [-0.1, -0.05) is 71.7 Å². The van der Waals surface area contributed by atoms with Gasteiger partial charge in [0.05, 0.1) is 11.3 Å². The lowest BCUT2D eigenvalue weighted by Crippen LogP contribution is -2.46. The Morgan fingerprint density at radius 1 is 0.722 bits per heavy atom. The molecule has 36 heavy (non-hydrogen) atoms. The third-order valence-corrected chi connectivity index (χ3v) is 7.08. The van der Waals surface area contributed by atoms with Gasteiger partial charge < -0.3 is 4.90 Å². The zero-order chi connectivity index (χ0) is 24.9. The first-order chi connectivity index (χ1) is 17.6. The molecule has 1 aromatic heterocycles. The summed E-state index contributed by atoms with van der Waals surface area (Å²) in [6.45, 7) is 5.37. The van der Waals surface area contributed by atoms with Crippen LogP contribution < -0.4 is 10.5 Å². The molecule has 1 aliphatic rings. The Labute approximate surface area is 221 Å². The number of hydrogen-bond acceptors (Lipinski definition) is 4. The van der Waals surface area contributed by atoms with Gasteiger partial charge >= 0.3 is 0 Å². The maximum atomic E-state index is 13.4. The third-order valence-electron chi connectivity index (χ3n) is 6.59. The Morgan fingerprint density at radius 3 is 2.19 bits per heavy atom. The second kappa shape index (κ2) is 11.3. The first kappa shape index (κ1) is 24.6. The summed E-state index contributed by atoms with van der Waals surface area (Å²) in [5.41, 5.74) is 4.36. The molecule has 4 aromatic rings. The summed E-state index contributed by atoms with van der Waals surface area (Å²) in [5.74, 6) is 0. The van der Waals surface area contributed by atoms with Crippen LogP contribution in [-0.2, 0) is 6.54 Å². The largest absolute Gasteiger partial charge is 0.369 e. The van der Waals surface area contributed by atoms with E-state index in [2.05, 4.69) is 15.9 Å². The van der Waals surface area contributed by atoms with Crippen LogP contribution in [0.1, 0.15) is 6.42 Å². The van der Waals surface area contributed by atoms with E-state index in [1.165, 1.54) is 5.69 Å². The van der Waals surface area contributed by atoms with Crippen molar-refractivity contribution in [2.24, 2.45) is 0 Å². The Hall–Kier alpha value is -3.12. The highest BCUT2D eigenvalue weighted by Gasteiger charge is 2.18. The summed E-state index contributed by atoms with van der Waals surface area (Å²) in [6, 6.07) is 27.3. The SMILES string of the molecule is O=c1c(-c2ccccc2)cc(-c2ccc(Cl)cc2)nn1CCCN1CCN(c2cccc(Cl)c2)CC1. The van der Waals surface area contributed by atoms with E-state index in [4.69, 9.17) is 28.3 Å². The molecule has 0 bridgehead atoms. The minimum atomic E-state index is -0.0651. The van der Waals surface area contributed by atoms with Crippen LogP contribution in [0.15, 0.2) is 89.7 Å². The molecule has 184 valence electrons. The molecule has 0 N–H and O–H groups in total. The number of halogens is 2. The molecule has 2 heterocycles. The summed E-state index contributed by atoms with van der Waals surface area (Å²) in [7, 11) is 0. The molecule has 0 amide bonds. The van der Waals surface area contributed by atoms with Gasteiger partial charge in [-0.15, -0.1) is 0 Å². The Kier molecular flexibility index (Phi) is 7.71. The van der Waals surface area contributed by atoms with Gasteiger partial charge in [-0.05, 0) is 48.4 Å². The van der Waals surface area contributed by atoms with E-state index in [-0.39, 0.29) is 5.56 Å². The summed E-state index contributed by atoms with van der Waals surface area (Å²) in [6.07, 6.45) is 0.850. The van der Waals surface area contributed by atoms with Crippen molar-refractivity contribution in [1.29, 1.82) is 0 Å². The van der Waals surface area contributed by atoms with E-state index in [1.807, 2.05) is 78.9 Å². The Morgan fingerprint density at radius 2 is 1.47 bits per heavy atom. The van der Waals surface area contributed by atoms with Gasteiger partial charge in [0.15, 0.2) is 0 Å². The molecule has 0 unspecified atom stereocenters. The molecular weight excluding hydrogens is 491 g/mol. The molecule has 5 rings (SSSR count). The molecule has 7 heteroatoms. The summed E-state index contributed by atoms with van der Waals surface area (Å²) >= 11 is 12.2. The minimum absolute atomic E-state index is 0.0651. The standard InChI is InChI=1S/C29H28Cl2N4O/c30-24-12-10-23(11-13-24)28-21-27(22-6-2-1-3-7-22)29(36)35(32-28)15-5-14-33-16-18-34(19-17-33)26-9-4-8-25(31)20-26/h1-4,6-13,20-21H,5,14-19H2. The average Bonchev–Trinajstić information content (AvgIpc) is 2.91. The topological polar surface area (TPSA) is 41.4 Å². The molecule has 3 aromatic carbocycles. The Bertz CT molecular complexity index is 1360. The lowest BCUT2D eigenvalue weighted by atomic mass is 10.0. The maximum Gasteiger partial charge on any atom is 0.274 e. The molecule has 1 fully saturated rings. The number of anilines is 1. The van der Waals surface area contributed by atoms with Crippen LogP contribution >= 0.6 is 23.2 Å². The second-order valence-electron chi connectivity index (χ2n) is 9.01. The van der Waals surface area contributed by atoms with E-state index in [0.717, 1.165) is 61.0 Å². The van der Waals surface area contributed by atoms with E-state index in [1.54, 1.807) is 4.68 Å². The van der Waals surface area contributed by atoms with Gasteiger partial charge in [0.25, 0.3) is 5.56 Å². The zero-order valence-electron chi connectivity index (χ0n) is 20.0. The Balaban J connectivity index is 1.28. The lowest BCUT2D eigenvalue weighted by molar-refractivity contribution is 0.248. The van der Waals surface area contributed by atoms with E-state index in [0.29, 0.717) is 17.1 Å². The normalized spacial score (nSPS) is 14.2. The molecule has 0 aliphatic carbocycles. The van der Waals surface area contributed by atoms with Crippen molar-refractivity contribution in [3.63, 3.8) is 0 Å². The molecule has 0 saturated carbocycles. The summed E-state index contributed by atoms with van der Waals surface area (Å²) in [4.78, 5) is 18.2. The molecule has 0 atom stereocenters. The fraction of sp³-hybridized carbons (Fsp3) is 0.241. The average molecular weight is 519 g/mol. The monoisotopic (exact) mass is 518 g/mol. The van der Waals surface area contributed by atoms with Gasteiger partial charge in [0, 0.05) is 60.6 Å². The van der Waals surface area contributed by atoms with E-state index < -0.39 is 0 Å². The third kappa shape index (κ3) is 5.81. The van der Waals surface area contributed by atoms with E-state index >= 15 is 0 Å². The van der Waals surface area contributed by atoms with Crippen molar-refractivity contribution in [2.75, 3.05) is 37.6 Å². The molecule has 1 saturated heterocycles.